The van der Waals surface area contributed by atoms with E-state index in [1.54, 1.807) is 0 Å². The molecule has 108 valence electrons. The topological polar surface area (TPSA) is 55.5 Å². The molecule has 0 aliphatic heterocycles. The molecule has 0 spiro atoms. The van der Waals surface area contributed by atoms with Gasteiger partial charge in [0.25, 0.3) is 0 Å². The molecule has 2 aromatic carbocycles. The molecule has 0 fully saturated rings. The first kappa shape index (κ1) is 13.6. The number of rotatable bonds is 6. The molecule has 0 saturated carbocycles. The van der Waals surface area contributed by atoms with Crippen molar-refractivity contribution in [3.63, 3.8) is 0 Å². The van der Waals surface area contributed by atoms with Crippen molar-refractivity contribution in [2.24, 2.45) is 0 Å². The third kappa shape index (κ3) is 3.41. The third-order valence-electron chi connectivity index (χ3n) is 3.23. The maximum atomic E-state index is 9.11. The van der Waals surface area contributed by atoms with Crippen molar-refractivity contribution in [3.8, 4) is 5.75 Å². The Bertz CT molecular complexity index is 706. The van der Waals surface area contributed by atoms with E-state index in [4.69, 9.17) is 14.3 Å². The SMILES string of the molecule is OCc1ccc2nc(CCCOc3ccccc3)oc2c1. The first-order chi connectivity index (χ1) is 10.3. The summed E-state index contributed by atoms with van der Waals surface area (Å²) in [5.41, 5.74) is 2.38. The van der Waals surface area contributed by atoms with Gasteiger partial charge in [-0.3, -0.25) is 0 Å². The molecule has 0 saturated heterocycles. The van der Waals surface area contributed by atoms with Gasteiger partial charge in [0.15, 0.2) is 11.5 Å². The largest absolute Gasteiger partial charge is 0.494 e. The Morgan fingerprint density at radius 3 is 2.76 bits per heavy atom. The van der Waals surface area contributed by atoms with Gasteiger partial charge in [-0.25, -0.2) is 4.98 Å². The van der Waals surface area contributed by atoms with Crippen LogP contribution in [0.1, 0.15) is 17.9 Å². The molecular weight excluding hydrogens is 266 g/mol. The highest BCUT2D eigenvalue weighted by Gasteiger charge is 2.06. The summed E-state index contributed by atoms with van der Waals surface area (Å²) in [6.45, 7) is 0.640. The molecule has 3 aromatic rings. The van der Waals surface area contributed by atoms with Crippen LogP contribution in [-0.2, 0) is 13.0 Å². The van der Waals surface area contributed by atoms with Crippen LogP contribution >= 0.6 is 0 Å². The summed E-state index contributed by atoms with van der Waals surface area (Å²) in [4.78, 5) is 4.43. The predicted octanol–water partition coefficient (Wildman–Crippen LogP) is 3.33. The second-order valence-corrected chi connectivity index (χ2v) is 4.83. The highest BCUT2D eigenvalue weighted by molar-refractivity contribution is 5.73. The smallest absolute Gasteiger partial charge is 0.195 e. The number of aromatic nitrogens is 1. The van der Waals surface area contributed by atoms with Crippen LogP contribution in [0.5, 0.6) is 5.75 Å². The summed E-state index contributed by atoms with van der Waals surface area (Å²) in [5.74, 6) is 1.58. The van der Waals surface area contributed by atoms with Crippen LogP contribution in [0, 0.1) is 0 Å². The van der Waals surface area contributed by atoms with Gasteiger partial charge in [-0.05, 0) is 36.2 Å². The lowest BCUT2D eigenvalue weighted by Crippen LogP contribution is -1.99. The van der Waals surface area contributed by atoms with E-state index in [2.05, 4.69) is 4.98 Å². The van der Waals surface area contributed by atoms with Gasteiger partial charge in [0.1, 0.15) is 11.3 Å². The van der Waals surface area contributed by atoms with Gasteiger partial charge in [-0.2, -0.15) is 0 Å². The zero-order valence-electron chi connectivity index (χ0n) is 11.7. The molecule has 4 nitrogen and oxygen atoms in total. The normalized spacial score (nSPS) is 10.9. The van der Waals surface area contributed by atoms with Crippen molar-refractivity contribution >= 4 is 11.1 Å². The Balaban J connectivity index is 1.55. The van der Waals surface area contributed by atoms with Crippen LogP contribution in [-0.4, -0.2) is 16.7 Å². The predicted molar refractivity (Wildman–Crippen MR) is 80.2 cm³/mol. The fraction of sp³-hybridized carbons (Fsp3) is 0.235. The number of hydrogen-bond acceptors (Lipinski definition) is 4. The van der Waals surface area contributed by atoms with Crippen molar-refractivity contribution in [1.29, 1.82) is 0 Å². The number of oxazole rings is 1. The van der Waals surface area contributed by atoms with Gasteiger partial charge in [-0.15, -0.1) is 0 Å². The summed E-state index contributed by atoms with van der Waals surface area (Å²) >= 11 is 0. The maximum absolute atomic E-state index is 9.11. The number of benzene rings is 2. The van der Waals surface area contributed by atoms with E-state index < -0.39 is 0 Å². The van der Waals surface area contributed by atoms with Crippen molar-refractivity contribution in [3.05, 3.63) is 60.0 Å². The van der Waals surface area contributed by atoms with E-state index >= 15 is 0 Å². The van der Waals surface area contributed by atoms with E-state index in [1.807, 2.05) is 48.5 Å². The lowest BCUT2D eigenvalue weighted by atomic mass is 10.2. The first-order valence-electron chi connectivity index (χ1n) is 7.02. The molecule has 0 unspecified atom stereocenters. The van der Waals surface area contributed by atoms with Crippen LogP contribution < -0.4 is 4.74 Å². The molecule has 1 N–H and O–H groups in total. The van der Waals surface area contributed by atoms with Crippen LogP contribution in [0.3, 0.4) is 0 Å². The minimum Gasteiger partial charge on any atom is -0.494 e. The molecule has 0 aliphatic carbocycles. The number of aliphatic hydroxyl groups is 1. The Kier molecular flexibility index (Phi) is 4.17. The molecule has 1 aromatic heterocycles. The van der Waals surface area contributed by atoms with E-state index in [1.165, 1.54) is 0 Å². The number of aliphatic hydroxyl groups excluding tert-OH is 1. The lowest BCUT2D eigenvalue weighted by Gasteiger charge is -2.03. The zero-order chi connectivity index (χ0) is 14.5. The van der Waals surface area contributed by atoms with Gasteiger partial charge in [0.05, 0.1) is 13.2 Å². The average Bonchev–Trinajstić information content (AvgIpc) is 2.94. The van der Waals surface area contributed by atoms with Crippen LogP contribution in [0.15, 0.2) is 52.9 Å². The molecule has 0 amide bonds. The number of ether oxygens (including phenoxy) is 1. The Hall–Kier alpha value is -2.33. The summed E-state index contributed by atoms with van der Waals surface area (Å²) in [7, 11) is 0. The fourth-order valence-electron chi connectivity index (χ4n) is 2.15. The van der Waals surface area contributed by atoms with E-state index in [0.717, 1.165) is 35.3 Å². The molecule has 0 aliphatic rings. The molecule has 3 rings (SSSR count). The van der Waals surface area contributed by atoms with Gasteiger partial charge >= 0.3 is 0 Å². The summed E-state index contributed by atoms with van der Waals surface area (Å²) in [6.07, 6.45) is 1.57. The Morgan fingerprint density at radius 1 is 1.10 bits per heavy atom. The molecule has 4 heteroatoms. The number of aryl methyl sites for hydroxylation is 1. The summed E-state index contributed by atoms with van der Waals surface area (Å²) < 4.78 is 11.3. The number of nitrogens with zero attached hydrogens (tertiary/aromatic N) is 1. The van der Waals surface area contributed by atoms with Gasteiger partial charge in [0.2, 0.25) is 0 Å². The van der Waals surface area contributed by atoms with Crippen molar-refractivity contribution < 1.29 is 14.3 Å². The molecule has 1 heterocycles. The quantitative estimate of drug-likeness (QED) is 0.705. The Morgan fingerprint density at radius 2 is 1.95 bits per heavy atom. The van der Waals surface area contributed by atoms with Gasteiger partial charge in [0, 0.05) is 6.42 Å². The fourth-order valence-corrected chi connectivity index (χ4v) is 2.15. The monoisotopic (exact) mass is 283 g/mol. The second-order valence-electron chi connectivity index (χ2n) is 4.83. The molecule has 0 bridgehead atoms. The number of hydrogen-bond donors (Lipinski definition) is 1. The first-order valence-corrected chi connectivity index (χ1v) is 7.02. The van der Waals surface area contributed by atoms with Crippen LogP contribution in [0.25, 0.3) is 11.1 Å². The summed E-state index contributed by atoms with van der Waals surface area (Å²) in [5, 5.41) is 9.11. The van der Waals surface area contributed by atoms with Crippen LogP contribution in [0.2, 0.25) is 0 Å². The zero-order valence-corrected chi connectivity index (χ0v) is 11.7. The van der Waals surface area contributed by atoms with E-state index in [0.29, 0.717) is 12.5 Å². The standard InChI is InChI=1S/C17H17NO3/c19-12-13-8-9-15-16(11-13)21-17(18-15)7-4-10-20-14-5-2-1-3-6-14/h1-3,5-6,8-9,11,19H,4,7,10,12H2. The molecular formula is C17H17NO3. The molecule has 0 atom stereocenters. The number of fused-ring (bicyclic) bond motifs is 1. The molecule has 0 radical (unpaired) electrons. The van der Waals surface area contributed by atoms with Gasteiger partial charge < -0.3 is 14.3 Å². The highest BCUT2D eigenvalue weighted by Crippen LogP contribution is 2.18. The molecule has 21 heavy (non-hydrogen) atoms. The Labute approximate surface area is 123 Å². The number of para-hydroxylation sites is 1. The van der Waals surface area contributed by atoms with E-state index in [9.17, 15) is 0 Å². The van der Waals surface area contributed by atoms with Crippen molar-refractivity contribution in [2.75, 3.05) is 6.61 Å². The second kappa shape index (κ2) is 6.41. The minimum absolute atomic E-state index is 0.0108. The lowest BCUT2D eigenvalue weighted by molar-refractivity contribution is 0.282. The third-order valence-corrected chi connectivity index (χ3v) is 3.23. The van der Waals surface area contributed by atoms with Crippen LogP contribution in [0.4, 0.5) is 0 Å². The van der Waals surface area contributed by atoms with Crippen molar-refractivity contribution in [2.45, 2.75) is 19.4 Å². The highest BCUT2D eigenvalue weighted by atomic mass is 16.5. The average molecular weight is 283 g/mol. The maximum Gasteiger partial charge on any atom is 0.195 e. The van der Waals surface area contributed by atoms with Gasteiger partial charge in [-0.1, -0.05) is 24.3 Å². The van der Waals surface area contributed by atoms with Crippen molar-refractivity contribution in [1.82, 2.24) is 4.98 Å². The van der Waals surface area contributed by atoms with E-state index in [-0.39, 0.29) is 6.61 Å². The minimum atomic E-state index is 0.0108. The summed E-state index contributed by atoms with van der Waals surface area (Å²) in [6, 6.07) is 15.3.